The maximum atomic E-state index is 6.31. The molecule has 0 amide bonds. The molecule has 0 saturated heterocycles. The van der Waals surface area contributed by atoms with Crippen molar-refractivity contribution in [1.29, 1.82) is 0 Å². The van der Waals surface area contributed by atoms with Gasteiger partial charge in [-0.1, -0.05) is 41.4 Å². The topological polar surface area (TPSA) is 12.9 Å². The summed E-state index contributed by atoms with van der Waals surface area (Å²) < 4.78 is 0. The van der Waals surface area contributed by atoms with Crippen molar-refractivity contribution in [1.82, 2.24) is 4.98 Å². The Morgan fingerprint density at radius 3 is 2.25 bits per heavy atom. The SMILES string of the molecule is ClCC(CCl)(Cc1ccncc1Cl)c1ccccc1Cl. The van der Waals surface area contributed by atoms with Crippen molar-refractivity contribution >= 4 is 46.4 Å². The fourth-order valence-corrected chi connectivity index (χ4v) is 3.46. The molecule has 0 fully saturated rings. The Morgan fingerprint density at radius 2 is 1.65 bits per heavy atom. The van der Waals surface area contributed by atoms with E-state index in [9.17, 15) is 0 Å². The fourth-order valence-electron chi connectivity index (χ4n) is 2.17. The van der Waals surface area contributed by atoms with Gasteiger partial charge in [0.05, 0.1) is 5.02 Å². The summed E-state index contributed by atoms with van der Waals surface area (Å²) in [5.74, 6) is 0.720. The van der Waals surface area contributed by atoms with Crippen LogP contribution in [0.3, 0.4) is 0 Å². The molecule has 0 N–H and O–H groups in total. The van der Waals surface area contributed by atoms with Crippen molar-refractivity contribution in [2.45, 2.75) is 11.8 Å². The van der Waals surface area contributed by atoms with Crippen LogP contribution in [0.4, 0.5) is 0 Å². The van der Waals surface area contributed by atoms with E-state index in [-0.39, 0.29) is 0 Å². The number of alkyl halides is 2. The summed E-state index contributed by atoms with van der Waals surface area (Å²) in [6.45, 7) is 0. The molecule has 1 nitrogen and oxygen atoms in total. The van der Waals surface area contributed by atoms with E-state index in [1.807, 2.05) is 30.3 Å². The van der Waals surface area contributed by atoms with Gasteiger partial charge in [-0.05, 0) is 29.7 Å². The Balaban J connectivity index is 2.46. The molecule has 1 aromatic heterocycles. The van der Waals surface area contributed by atoms with Crippen LogP contribution < -0.4 is 0 Å². The van der Waals surface area contributed by atoms with Crippen LogP contribution in [0.25, 0.3) is 0 Å². The van der Waals surface area contributed by atoms with E-state index in [4.69, 9.17) is 46.4 Å². The average Bonchev–Trinajstić information content (AvgIpc) is 2.48. The number of aromatic nitrogens is 1. The molecule has 5 heteroatoms. The van der Waals surface area contributed by atoms with Crippen LogP contribution in [0, 0.1) is 0 Å². The molecular formula is C15H13Cl4N. The number of hydrogen-bond donors (Lipinski definition) is 0. The van der Waals surface area contributed by atoms with Crippen molar-refractivity contribution in [2.75, 3.05) is 11.8 Å². The molecule has 2 rings (SSSR count). The van der Waals surface area contributed by atoms with Gasteiger partial charge in [-0.25, -0.2) is 0 Å². The van der Waals surface area contributed by atoms with Gasteiger partial charge < -0.3 is 0 Å². The highest BCUT2D eigenvalue weighted by Crippen LogP contribution is 2.37. The molecule has 0 unspecified atom stereocenters. The fraction of sp³-hybridized carbons (Fsp3) is 0.267. The lowest BCUT2D eigenvalue weighted by Gasteiger charge is -2.31. The summed E-state index contributed by atoms with van der Waals surface area (Å²) in [5.41, 5.74) is 1.45. The zero-order valence-corrected chi connectivity index (χ0v) is 13.6. The molecule has 1 heterocycles. The first-order valence-corrected chi connectivity index (χ1v) is 7.91. The zero-order valence-electron chi connectivity index (χ0n) is 10.6. The lowest BCUT2D eigenvalue weighted by Crippen LogP contribution is -2.33. The first-order valence-electron chi connectivity index (χ1n) is 6.08. The van der Waals surface area contributed by atoms with Gasteiger partial charge in [0.15, 0.2) is 0 Å². The van der Waals surface area contributed by atoms with Crippen LogP contribution >= 0.6 is 46.4 Å². The van der Waals surface area contributed by atoms with Gasteiger partial charge in [0.2, 0.25) is 0 Å². The predicted molar refractivity (Wildman–Crippen MR) is 87.5 cm³/mol. The van der Waals surface area contributed by atoms with Gasteiger partial charge in [-0.3, -0.25) is 4.98 Å². The van der Waals surface area contributed by atoms with Crippen molar-refractivity contribution in [3.63, 3.8) is 0 Å². The predicted octanol–water partition coefficient (Wildman–Crippen LogP) is 5.35. The molecule has 20 heavy (non-hydrogen) atoms. The summed E-state index contributed by atoms with van der Waals surface area (Å²) >= 11 is 25.0. The van der Waals surface area contributed by atoms with Gasteiger partial charge in [-0.15, -0.1) is 23.2 Å². The van der Waals surface area contributed by atoms with Crippen molar-refractivity contribution < 1.29 is 0 Å². The van der Waals surface area contributed by atoms with Gasteiger partial charge in [0.1, 0.15) is 0 Å². The molecular weight excluding hydrogens is 336 g/mol. The third-order valence-electron chi connectivity index (χ3n) is 3.34. The Kier molecular flexibility index (Phi) is 5.57. The highest BCUT2D eigenvalue weighted by atomic mass is 35.5. The summed E-state index contributed by atoms with van der Waals surface area (Å²) in [7, 11) is 0. The third-order valence-corrected chi connectivity index (χ3v) is 5.04. The average molecular weight is 349 g/mol. The molecule has 0 aliphatic carbocycles. The van der Waals surface area contributed by atoms with E-state index in [1.165, 1.54) is 0 Å². The normalized spacial score (nSPS) is 11.6. The van der Waals surface area contributed by atoms with Gasteiger partial charge in [0, 0.05) is 34.6 Å². The molecule has 0 atom stereocenters. The summed E-state index contributed by atoms with van der Waals surface area (Å²) in [5, 5.41) is 1.28. The highest BCUT2D eigenvalue weighted by Gasteiger charge is 2.33. The van der Waals surface area contributed by atoms with E-state index in [1.54, 1.807) is 12.4 Å². The minimum atomic E-state index is -0.452. The summed E-state index contributed by atoms with van der Waals surface area (Å²) in [4.78, 5) is 3.99. The van der Waals surface area contributed by atoms with Gasteiger partial charge in [-0.2, -0.15) is 0 Å². The van der Waals surface area contributed by atoms with E-state index < -0.39 is 5.41 Å². The number of pyridine rings is 1. The Hall–Kier alpha value is -0.470. The second-order valence-electron chi connectivity index (χ2n) is 4.67. The van der Waals surface area contributed by atoms with Crippen molar-refractivity contribution in [3.05, 3.63) is 63.9 Å². The number of rotatable bonds is 5. The zero-order chi connectivity index (χ0) is 14.6. The second kappa shape index (κ2) is 7.00. The Morgan fingerprint density at radius 1 is 0.950 bits per heavy atom. The van der Waals surface area contributed by atoms with Crippen LogP contribution in [-0.2, 0) is 11.8 Å². The lowest BCUT2D eigenvalue weighted by atomic mass is 9.79. The smallest absolute Gasteiger partial charge is 0.0621 e. The molecule has 0 aliphatic rings. The molecule has 1 aromatic carbocycles. The molecule has 0 spiro atoms. The molecule has 0 bridgehead atoms. The second-order valence-corrected chi connectivity index (χ2v) is 6.02. The molecule has 0 aliphatic heterocycles. The number of nitrogens with zero attached hydrogens (tertiary/aromatic N) is 1. The highest BCUT2D eigenvalue weighted by molar-refractivity contribution is 6.32. The largest absolute Gasteiger partial charge is 0.263 e. The molecule has 0 radical (unpaired) electrons. The molecule has 2 aromatic rings. The molecule has 0 saturated carbocycles. The third kappa shape index (κ3) is 3.23. The summed E-state index contributed by atoms with van der Waals surface area (Å²) in [6, 6.07) is 9.51. The first-order chi connectivity index (χ1) is 9.63. The standard InChI is InChI=1S/C15H13Cl4N/c16-9-15(10-17,12-3-1-2-4-13(12)18)7-11-5-6-20-8-14(11)19/h1-6,8H,7,9-10H2. The van der Waals surface area contributed by atoms with Gasteiger partial charge in [0.25, 0.3) is 0 Å². The minimum Gasteiger partial charge on any atom is -0.263 e. The minimum absolute atomic E-state index is 0.360. The van der Waals surface area contributed by atoms with Crippen molar-refractivity contribution in [2.24, 2.45) is 0 Å². The lowest BCUT2D eigenvalue weighted by molar-refractivity contribution is 0.536. The Labute approximate surface area is 138 Å². The maximum Gasteiger partial charge on any atom is 0.0621 e. The van der Waals surface area contributed by atoms with Crippen LogP contribution in [0.2, 0.25) is 10.0 Å². The Bertz CT molecular complexity index is 582. The molecule has 106 valence electrons. The van der Waals surface area contributed by atoms with Gasteiger partial charge >= 0.3 is 0 Å². The van der Waals surface area contributed by atoms with Crippen LogP contribution in [0.15, 0.2) is 42.7 Å². The van der Waals surface area contributed by atoms with E-state index in [2.05, 4.69) is 4.98 Å². The van der Waals surface area contributed by atoms with Crippen LogP contribution in [0.5, 0.6) is 0 Å². The quantitative estimate of drug-likeness (QED) is 0.664. The first kappa shape index (κ1) is 15.9. The van der Waals surface area contributed by atoms with Crippen molar-refractivity contribution in [3.8, 4) is 0 Å². The van der Waals surface area contributed by atoms with Crippen LogP contribution in [-0.4, -0.2) is 16.7 Å². The van der Waals surface area contributed by atoms with E-state index >= 15 is 0 Å². The van der Waals surface area contributed by atoms with Crippen LogP contribution in [0.1, 0.15) is 11.1 Å². The van der Waals surface area contributed by atoms with E-state index in [0.29, 0.717) is 28.2 Å². The number of benzene rings is 1. The summed E-state index contributed by atoms with van der Waals surface area (Å²) in [6.07, 6.45) is 3.95. The van der Waals surface area contributed by atoms with E-state index in [0.717, 1.165) is 11.1 Å². The number of hydrogen-bond acceptors (Lipinski definition) is 1. The number of halogens is 4. The maximum absolute atomic E-state index is 6.31. The monoisotopic (exact) mass is 347 g/mol.